The molecule has 0 aliphatic carbocycles. The maximum atomic E-state index is 11.6. The lowest BCUT2D eigenvalue weighted by atomic mass is 10.1. The summed E-state index contributed by atoms with van der Waals surface area (Å²) in [4.78, 5) is 18.1. The Bertz CT molecular complexity index is 597. The first-order valence-electron chi connectivity index (χ1n) is 6.47. The van der Waals surface area contributed by atoms with Crippen LogP contribution >= 0.6 is 11.6 Å². The van der Waals surface area contributed by atoms with Gasteiger partial charge in [0.1, 0.15) is 11.0 Å². The number of hydrogen-bond donors (Lipinski definition) is 1. The Morgan fingerprint density at radius 1 is 1.50 bits per heavy atom. The molecular formula is C13H17ClN4O2. The summed E-state index contributed by atoms with van der Waals surface area (Å²) in [6.45, 7) is 4.74. The SMILES string of the molecule is CC(C)CCNC(=O)COn1nnc2ccc(Cl)cc21. The van der Waals surface area contributed by atoms with Crippen molar-refractivity contribution in [3.8, 4) is 0 Å². The Kier molecular flexibility index (Phi) is 4.79. The van der Waals surface area contributed by atoms with Crippen LogP contribution in [0.15, 0.2) is 18.2 Å². The van der Waals surface area contributed by atoms with Gasteiger partial charge >= 0.3 is 0 Å². The maximum Gasteiger partial charge on any atom is 0.260 e. The van der Waals surface area contributed by atoms with E-state index in [0.717, 1.165) is 6.42 Å². The van der Waals surface area contributed by atoms with Crippen molar-refractivity contribution in [1.82, 2.24) is 20.5 Å². The van der Waals surface area contributed by atoms with Gasteiger partial charge in [0.2, 0.25) is 0 Å². The van der Waals surface area contributed by atoms with Crippen molar-refractivity contribution < 1.29 is 9.63 Å². The molecule has 0 spiro atoms. The zero-order valence-corrected chi connectivity index (χ0v) is 12.2. The molecule has 1 amide bonds. The van der Waals surface area contributed by atoms with Gasteiger partial charge in [-0.25, -0.2) is 0 Å². The molecule has 1 N–H and O–H groups in total. The number of amides is 1. The highest BCUT2D eigenvalue weighted by molar-refractivity contribution is 6.31. The Hall–Kier alpha value is -1.82. The van der Waals surface area contributed by atoms with Crippen LogP contribution < -0.4 is 10.2 Å². The zero-order chi connectivity index (χ0) is 14.5. The summed E-state index contributed by atoms with van der Waals surface area (Å²) >= 11 is 5.90. The molecule has 1 heterocycles. The minimum absolute atomic E-state index is 0.108. The summed E-state index contributed by atoms with van der Waals surface area (Å²) in [7, 11) is 0. The Morgan fingerprint density at radius 3 is 3.05 bits per heavy atom. The third-order valence-corrected chi connectivity index (χ3v) is 2.97. The van der Waals surface area contributed by atoms with Gasteiger partial charge in [-0.2, -0.15) is 0 Å². The number of nitrogens with zero attached hydrogens (tertiary/aromatic N) is 3. The summed E-state index contributed by atoms with van der Waals surface area (Å²) in [5.41, 5.74) is 1.29. The first-order valence-corrected chi connectivity index (χ1v) is 6.85. The van der Waals surface area contributed by atoms with Crippen LogP contribution in [0.2, 0.25) is 5.02 Å². The average Bonchev–Trinajstić information content (AvgIpc) is 2.78. The fraction of sp³-hybridized carbons (Fsp3) is 0.462. The van der Waals surface area contributed by atoms with Crippen LogP contribution in [0.1, 0.15) is 20.3 Å². The normalized spacial score (nSPS) is 11.0. The largest absolute Gasteiger partial charge is 0.385 e. The first-order chi connectivity index (χ1) is 9.56. The van der Waals surface area contributed by atoms with E-state index in [1.165, 1.54) is 4.85 Å². The second-order valence-electron chi connectivity index (χ2n) is 4.90. The molecule has 0 saturated carbocycles. The third-order valence-electron chi connectivity index (χ3n) is 2.74. The second kappa shape index (κ2) is 6.56. The standard InChI is InChI=1S/C13H17ClN4O2/c1-9(2)5-6-15-13(19)8-20-18-12-7-10(14)3-4-11(12)16-17-18/h3-4,7,9H,5-6,8H2,1-2H3,(H,15,19). The summed E-state index contributed by atoms with van der Waals surface area (Å²) in [5.74, 6) is 0.369. The van der Waals surface area contributed by atoms with Crippen molar-refractivity contribution in [2.75, 3.05) is 13.2 Å². The summed E-state index contributed by atoms with van der Waals surface area (Å²) in [5, 5.41) is 11.1. The van der Waals surface area contributed by atoms with E-state index in [1.54, 1.807) is 18.2 Å². The molecule has 6 nitrogen and oxygen atoms in total. The van der Waals surface area contributed by atoms with Crippen molar-refractivity contribution in [2.24, 2.45) is 5.92 Å². The maximum absolute atomic E-state index is 11.6. The monoisotopic (exact) mass is 296 g/mol. The van der Waals surface area contributed by atoms with Crippen molar-refractivity contribution >= 4 is 28.5 Å². The Balaban J connectivity index is 1.89. The molecule has 2 aromatic rings. The topological polar surface area (TPSA) is 69.0 Å². The Labute approximate surface area is 122 Å². The molecule has 0 radical (unpaired) electrons. The summed E-state index contributed by atoms with van der Waals surface area (Å²) in [6, 6.07) is 5.16. The fourth-order valence-electron chi connectivity index (χ4n) is 1.64. The molecular weight excluding hydrogens is 280 g/mol. The van der Waals surface area contributed by atoms with Gasteiger partial charge in [0.05, 0.1) is 0 Å². The van der Waals surface area contributed by atoms with Gasteiger partial charge in [-0.3, -0.25) is 4.79 Å². The molecule has 0 aliphatic heterocycles. The average molecular weight is 297 g/mol. The molecule has 1 aromatic carbocycles. The van der Waals surface area contributed by atoms with Crippen LogP contribution in [-0.4, -0.2) is 34.2 Å². The number of fused-ring (bicyclic) bond motifs is 1. The van der Waals surface area contributed by atoms with E-state index in [-0.39, 0.29) is 12.5 Å². The molecule has 0 fully saturated rings. The Morgan fingerprint density at radius 2 is 2.30 bits per heavy atom. The molecule has 108 valence electrons. The fourth-order valence-corrected chi connectivity index (χ4v) is 1.80. The molecule has 20 heavy (non-hydrogen) atoms. The molecule has 0 saturated heterocycles. The zero-order valence-electron chi connectivity index (χ0n) is 11.5. The van der Waals surface area contributed by atoms with Crippen molar-refractivity contribution in [1.29, 1.82) is 0 Å². The van der Waals surface area contributed by atoms with Crippen LogP contribution in [0.3, 0.4) is 0 Å². The molecule has 0 atom stereocenters. The number of aromatic nitrogens is 3. The lowest BCUT2D eigenvalue weighted by Crippen LogP contribution is -2.33. The quantitative estimate of drug-likeness (QED) is 0.880. The first kappa shape index (κ1) is 14.6. The second-order valence-corrected chi connectivity index (χ2v) is 5.34. The summed E-state index contributed by atoms with van der Waals surface area (Å²) < 4.78 is 0. The molecule has 1 aromatic heterocycles. The minimum Gasteiger partial charge on any atom is -0.385 e. The minimum atomic E-state index is -0.184. The highest BCUT2D eigenvalue weighted by atomic mass is 35.5. The van der Waals surface area contributed by atoms with E-state index < -0.39 is 0 Å². The van der Waals surface area contributed by atoms with Crippen LogP contribution in [-0.2, 0) is 4.79 Å². The predicted octanol–water partition coefficient (Wildman–Crippen LogP) is 1.68. The van der Waals surface area contributed by atoms with Crippen molar-refractivity contribution in [3.63, 3.8) is 0 Å². The van der Waals surface area contributed by atoms with E-state index in [9.17, 15) is 4.79 Å². The van der Waals surface area contributed by atoms with E-state index in [1.807, 2.05) is 0 Å². The van der Waals surface area contributed by atoms with E-state index in [0.29, 0.717) is 28.5 Å². The molecule has 0 unspecified atom stereocenters. The third kappa shape index (κ3) is 3.84. The van der Waals surface area contributed by atoms with E-state index in [4.69, 9.17) is 16.4 Å². The van der Waals surface area contributed by atoms with E-state index in [2.05, 4.69) is 29.5 Å². The van der Waals surface area contributed by atoms with Crippen LogP contribution in [0.5, 0.6) is 0 Å². The lowest BCUT2D eigenvalue weighted by molar-refractivity contribution is -0.126. The molecule has 7 heteroatoms. The highest BCUT2D eigenvalue weighted by Crippen LogP contribution is 2.16. The van der Waals surface area contributed by atoms with Crippen LogP contribution in [0.25, 0.3) is 11.0 Å². The molecule has 0 bridgehead atoms. The van der Waals surface area contributed by atoms with Gasteiger partial charge in [0.15, 0.2) is 6.61 Å². The van der Waals surface area contributed by atoms with Gasteiger partial charge in [-0.1, -0.05) is 30.3 Å². The smallest absolute Gasteiger partial charge is 0.260 e. The summed E-state index contributed by atoms with van der Waals surface area (Å²) in [6.07, 6.45) is 0.938. The van der Waals surface area contributed by atoms with Gasteiger partial charge in [0, 0.05) is 11.6 Å². The number of benzene rings is 1. The number of rotatable bonds is 6. The van der Waals surface area contributed by atoms with Crippen molar-refractivity contribution in [2.45, 2.75) is 20.3 Å². The van der Waals surface area contributed by atoms with Gasteiger partial charge < -0.3 is 10.2 Å². The van der Waals surface area contributed by atoms with Crippen molar-refractivity contribution in [3.05, 3.63) is 23.2 Å². The highest BCUT2D eigenvalue weighted by Gasteiger charge is 2.08. The number of halogens is 1. The van der Waals surface area contributed by atoms with Gasteiger partial charge in [-0.05, 0) is 35.8 Å². The number of nitrogens with one attached hydrogen (secondary N) is 1. The predicted molar refractivity (Wildman–Crippen MR) is 76.4 cm³/mol. The molecule has 2 rings (SSSR count). The van der Waals surface area contributed by atoms with Crippen LogP contribution in [0.4, 0.5) is 0 Å². The number of carbonyl (C=O) groups is 1. The van der Waals surface area contributed by atoms with Gasteiger partial charge in [-0.15, -0.1) is 5.10 Å². The number of carbonyl (C=O) groups excluding carboxylic acids is 1. The molecule has 0 aliphatic rings. The van der Waals surface area contributed by atoms with Crippen LogP contribution in [0, 0.1) is 5.92 Å². The van der Waals surface area contributed by atoms with Gasteiger partial charge in [0.25, 0.3) is 5.91 Å². The number of hydrogen-bond acceptors (Lipinski definition) is 4. The van der Waals surface area contributed by atoms with E-state index >= 15 is 0 Å². The lowest BCUT2D eigenvalue weighted by Gasteiger charge is -2.08.